The molecule has 5 nitrogen and oxygen atoms in total. The number of anilines is 2. The van der Waals surface area contributed by atoms with Crippen LogP contribution >= 0.6 is 11.3 Å². The molecule has 0 radical (unpaired) electrons. The monoisotopic (exact) mass is 291 g/mol. The van der Waals surface area contributed by atoms with E-state index in [1.165, 1.54) is 17.7 Å². The van der Waals surface area contributed by atoms with Crippen molar-refractivity contribution in [1.29, 1.82) is 0 Å². The fraction of sp³-hybridized carbons (Fsp3) is 0.571. The minimum atomic E-state index is 0.370. The van der Waals surface area contributed by atoms with Gasteiger partial charge in [0.2, 0.25) is 5.95 Å². The zero-order valence-electron chi connectivity index (χ0n) is 12.3. The third-order valence-corrected chi connectivity index (χ3v) is 5.03. The predicted octanol–water partition coefficient (Wildman–Crippen LogP) is 2.11. The molecule has 0 amide bonds. The van der Waals surface area contributed by atoms with Crippen molar-refractivity contribution >= 4 is 33.3 Å². The van der Waals surface area contributed by atoms with Gasteiger partial charge in [0, 0.05) is 18.0 Å². The molecular formula is C14H21N5S. The SMILES string of the molecule is Cc1cc2c(N(C)C3CCN(C)CC3)nc(N)nc2s1. The molecule has 1 aliphatic rings. The van der Waals surface area contributed by atoms with Gasteiger partial charge in [-0.1, -0.05) is 0 Å². The van der Waals surface area contributed by atoms with Crippen LogP contribution in [-0.4, -0.2) is 48.1 Å². The number of fused-ring (bicyclic) bond motifs is 1. The van der Waals surface area contributed by atoms with Crippen LogP contribution in [0.25, 0.3) is 10.2 Å². The second kappa shape index (κ2) is 5.18. The minimum Gasteiger partial charge on any atom is -0.368 e. The van der Waals surface area contributed by atoms with Gasteiger partial charge >= 0.3 is 0 Å². The van der Waals surface area contributed by atoms with E-state index < -0.39 is 0 Å². The Morgan fingerprint density at radius 3 is 2.75 bits per heavy atom. The van der Waals surface area contributed by atoms with Crippen LogP contribution in [0.15, 0.2) is 6.07 Å². The van der Waals surface area contributed by atoms with Gasteiger partial charge in [0.05, 0.1) is 5.39 Å². The first-order chi connectivity index (χ1) is 9.54. The molecule has 108 valence electrons. The first kappa shape index (κ1) is 13.6. The van der Waals surface area contributed by atoms with Gasteiger partial charge in [0.15, 0.2) is 0 Å². The lowest BCUT2D eigenvalue weighted by molar-refractivity contribution is 0.252. The Morgan fingerprint density at radius 2 is 2.05 bits per heavy atom. The minimum absolute atomic E-state index is 0.370. The standard InChI is InChI=1S/C14H21N5S/c1-9-8-11-12(16-14(15)17-13(11)20-9)19(3)10-4-6-18(2)7-5-10/h8,10H,4-7H2,1-3H3,(H2,15,16,17). The van der Waals surface area contributed by atoms with Gasteiger partial charge in [-0.2, -0.15) is 4.98 Å². The van der Waals surface area contributed by atoms with Crippen molar-refractivity contribution in [2.24, 2.45) is 0 Å². The molecule has 20 heavy (non-hydrogen) atoms. The number of likely N-dealkylation sites (tertiary alicyclic amines) is 1. The van der Waals surface area contributed by atoms with Crippen LogP contribution in [-0.2, 0) is 0 Å². The molecule has 0 aliphatic carbocycles. The van der Waals surface area contributed by atoms with Gasteiger partial charge < -0.3 is 15.5 Å². The number of hydrogen-bond donors (Lipinski definition) is 1. The molecule has 2 aromatic rings. The maximum Gasteiger partial charge on any atom is 0.223 e. The number of nitrogens with two attached hydrogens (primary N) is 1. The van der Waals surface area contributed by atoms with Crippen LogP contribution in [0, 0.1) is 6.92 Å². The fourth-order valence-electron chi connectivity index (χ4n) is 2.87. The third-order valence-electron chi connectivity index (χ3n) is 4.08. The van der Waals surface area contributed by atoms with Crippen molar-refractivity contribution < 1.29 is 0 Å². The molecule has 0 aromatic carbocycles. The van der Waals surface area contributed by atoms with E-state index in [2.05, 4.69) is 46.9 Å². The summed E-state index contributed by atoms with van der Waals surface area (Å²) in [6.07, 6.45) is 2.34. The highest BCUT2D eigenvalue weighted by Gasteiger charge is 2.23. The van der Waals surface area contributed by atoms with E-state index in [4.69, 9.17) is 5.73 Å². The maximum absolute atomic E-state index is 5.87. The Labute approximate surface area is 123 Å². The summed E-state index contributed by atoms with van der Waals surface area (Å²) < 4.78 is 0. The maximum atomic E-state index is 5.87. The first-order valence-electron chi connectivity index (χ1n) is 6.99. The molecule has 1 fully saturated rings. The molecule has 1 saturated heterocycles. The van der Waals surface area contributed by atoms with Crippen molar-refractivity contribution in [1.82, 2.24) is 14.9 Å². The predicted molar refractivity (Wildman–Crippen MR) is 85.5 cm³/mol. The summed E-state index contributed by atoms with van der Waals surface area (Å²) in [6, 6.07) is 2.70. The molecule has 3 rings (SSSR count). The van der Waals surface area contributed by atoms with Gasteiger partial charge in [0.1, 0.15) is 10.6 Å². The zero-order valence-corrected chi connectivity index (χ0v) is 13.1. The van der Waals surface area contributed by atoms with E-state index in [9.17, 15) is 0 Å². The lowest BCUT2D eigenvalue weighted by atomic mass is 10.0. The Hall–Kier alpha value is -1.40. The Morgan fingerprint density at radius 1 is 1.35 bits per heavy atom. The van der Waals surface area contributed by atoms with E-state index in [-0.39, 0.29) is 0 Å². The summed E-state index contributed by atoms with van der Waals surface area (Å²) in [5.74, 6) is 1.35. The van der Waals surface area contributed by atoms with Gasteiger partial charge in [-0.25, -0.2) is 4.98 Å². The van der Waals surface area contributed by atoms with E-state index >= 15 is 0 Å². The Kier molecular flexibility index (Phi) is 3.52. The number of aryl methyl sites for hydroxylation is 1. The number of rotatable bonds is 2. The van der Waals surface area contributed by atoms with Crippen molar-refractivity contribution in [3.05, 3.63) is 10.9 Å². The smallest absolute Gasteiger partial charge is 0.223 e. The average molecular weight is 291 g/mol. The lowest BCUT2D eigenvalue weighted by Crippen LogP contribution is -2.42. The summed E-state index contributed by atoms with van der Waals surface area (Å²) in [5, 5.41) is 1.13. The Balaban J connectivity index is 1.96. The van der Waals surface area contributed by atoms with E-state index in [0.29, 0.717) is 12.0 Å². The molecule has 3 heterocycles. The summed E-state index contributed by atoms with van der Waals surface area (Å²) in [6.45, 7) is 4.38. The quantitative estimate of drug-likeness (QED) is 0.918. The van der Waals surface area contributed by atoms with Crippen molar-refractivity contribution in [2.45, 2.75) is 25.8 Å². The van der Waals surface area contributed by atoms with Gasteiger partial charge in [-0.05, 0) is 46.0 Å². The van der Waals surface area contributed by atoms with Crippen LogP contribution in [0.5, 0.6) is 0 Å². The number of nitrogen functional groups attached to an aromatic ring is 1. The number of piperidine rings is 1. The molecular weight excluding hydrogens is 270 g/mol. The highest BCUT2D eigenvalue weighted by molar-refractivity contribution is 7.18. The molecule has 0 bridgehead atoms. The molecule has 0 unspecified atom stereocenters. The van der Waals surface area contributed by atoms with E-state index in [0.717, 1.165) is 29.1 Å². The second-order valence-electron chi connectivity index (χ2n) is 5.63. The van der Waals surface area contributed by atoms with Crippen LogP contribution in [0.3, 0.4) is 0 Å². The molecule has 2 N–H and O–H groups in total. The number of hydrogen-bond acceptors (Lipinski definition) is 6. The molecule has 2 aromatic heterocycles. The summed E-state index contributed by atoms with van der Waals surface area (Å²) in [4.78, 5) is 15.7. The van der Waals surface area contributed by atoms with Gasteiger partial charge in [-0.3, -0.25) is 0 Å². The number of thiophene rings is 1. The van der Waals surface area contributed by atoms with Crippen molar-refractivity contribution in [2.75, 3.05) is 37.8 Å². The summed E-state index contributed by atoms with van der Waals surface area (Å²) >= 11 is 1.68. The average Bonchev–Trinajstić information content (AvgIpc) is 2.78. The largest absolute Gasteiger partial charge is 0.368 e. The van der Waals surface area contributed by atoms with Gasteiger partial charge in [0.25, 0.3) is 0 Å². The first-order valence-corrected chi connectivity index (χ1v) is 7.81. The van der Waals surface area contributed by atoms with Crippen molar-refractivity contribution in [3.63, 3.8) is 0 Å². The van der Waals surface area contributed by atoms with Crippen LogP contribution < -0.4 is 10.6 Å². The zero-order chi connectivity index (χ0) is 14.3. The topological polar surface area (TPSA) is 58.3 Å². The molecule has 0 saturated carbocycles. The number of aromatic nitrogens is 2. The fourth-order valence-corrected chi connectivity index (χ4v) is 3.75. The summed E-state index contributed by atoms with van der Waals surface area (Å²) in [5.41, 5.74) is 5.87. The number of nitrogens with zero attached hydrogens (tertiary/aromatic N) is 4. The normalized spacial score (nSPS) is 17.8. The van der Waals surface area contributed by atoms with E-state index in [1.54, 1.807) is 11.3 Å². The van der Waals surface area contributed by atoms with Crippen molar-refractivity contribution in [3.8, 4) is 0 Å². The Bertz CT molecular complexity index is 615. The molecule has 0 spiro atoms. The van der Waals surface area contributed by atoms with Crippen LogP contribution in [0.1, 0.15) is 17.7 Å². The molecule has 1 aliphatic heterocycles. The lowest BCUT2D eigenvalue weighted by Gasteiger charge is -2.36. The van der Waals surface area contributed by atoms with Crippen LogP contribution in [0.2, 0.25) is 0 Å². The van der Waals surface area contributed by atoms with Crippen LogP contribution in [0.4, 0.5) is 11.8 Å². The highest BCUT2D eigenvalue weighted by atomic mass is 32.1. The molecule has 0 atom stereocenters. The van der Waals surface area contributed by atoms with Gasteiger partial charge in [-0.15, -0.1) is 11.3 Å². The third kappa shape index (κ3) is 2.45. The summed E-state index contributed by atoms with van der Waals surface area (Å²) in [7, 11) is 4.31. The molecule has 6 heteroatoms. The highest BCUT2D eigenvalue weighted by Crippen LogP contribution is 2.32. The van der Waals surface area contributed by atoms with E-state index in [1.807, 2.05) is 0 Å². The second-order valence-corrected chi connectivity index (χ2v) is 6.86.